The highest BCUT2D eigenvalue weighted by Gasteiger charge is 2.43. The fourth-order valence-corrected chi connectivity index (χ4v) is 5.05. The molecule has 0 bridgehead atoms. The van der Waals surface area contributed by atoms with Gasteiger partial charge in [-0.05, 0) is 33.1 Å². The molecule has 4 heterocycles. The minimum Gasteiger partial charge on any atom is -0.475 e. The lowest BCUT2D eigenvalue weighted by atomic mass is 10.0. The highest BCUT2D eigenvalue weighted by Crippen LogP contribution is 2.45. The number of fused-ring (bicyclic) bond motifs is 1. The number of carboxylic acids is 1. The normalized spacial score (nSPS) is 25.9. The lowest BCUT2D eigenvalue weighted by Crippen LogP contribution is -2.24. The van der Waals surface area contributed by atoms with Crippen LogP contribution in [0.15, 0.2) is 9.90 Å². The molecule has 170 valence electrons. The SMILES string of the molecule is Cc1noc(C)c1CN1C[C@@H]2C[C@@H](c3nc(C4CC4)cs3)O[C@@H]2C1.O=C(O)C(F)(F)F. The first-order chi connectivity index (χ1) is 14.6. The molecule has 0 aromatic carbocycles. The summed E-state index contributed by atoms with van der Waals surface area (Å²) in [5.41, 5.74) is 3.55. The Morgan fingerprint density at radius 1 is 1.32 bits per heavy atom. The molecule has 31 heavy (non-hydrogen) atoms. The molecular weight excluding hydrogens is 435 g/mol. The molecule has 3 atom stereocenters. The number of thiazole rings is 1. The average Bonchev–Trinajstić information content (AvgIpc) is 3.00. The van der Waals surface area contributed by atoms with Gasteiger partial charge in [0, 0.05) is 42.4 Å². The Morgan fingerprint density at radius 2 is 2.03 bits per heavy atom. The van der Waals surface area contributed by atoms with Crippen molar-refractivity contribution in [2.75, 3.05) is 13.1 Å². The van der Waals surface area contributed by atoms with E-state index in [0.29, 0.717) is 12.0 Å². The number of aliphatic carboxylic acids is 1. The van der Waals surface area contributed by atoms with Crippen LogP contribution < -0.4 is 0 Å². The number of likely N-dealkylation sites (tertiary alicyclic amines) is 1. The highest BCUT2D eigenvalue weighted by atomic mass is 32.1. The largest absolute Gasteiger partial charge is 0.490 e. The summed E-state index contributed by atoms with van der Waals surface area (Å²) >= 11 is 1.79. The smallest absolute Gasteiger partial charge is 0.475 e. The van der Waals surface area contributed by atoms with Crippen molar-refractivity contribution in [1.82, 2.24) is 15.0 Å². The van der Waals surface area contributed by atoms with Gasteiger partial charge in [-0.2, -0.15) is 13.2 Å². The Balaban J connectivity index is 0.000000289. The number of carboxylic acid groups (broad SMARTS) is 1. The Kier molecular flexibility index (Phi) is 6.10. The fraction of sp³-hybridized carbons (Fsp3) is 0.650. The standard InChI is InChI=1S/C18H23N3O2S.C2HF3O2/c1-10-14(11(2)23-20-10)7-21-6-13-5-16(22-17(13)8-21)18-19-15(9-24-18)12-3-4-12;3-2(4,5)1(6)7/h9,12-13,16-17H,3-8H2,1-2H3;(H,6,7)/t13-,16-,17+;/m0./s1. The number of hydrogen-bond acceptors (Lipinski definition) is 7. The van der Waals surface area contributed by atoms with Crippen molar-refractivity contribution in [3.63, 3.8) is 0 Å². The molecule has 11 heteroatoms. The third-order valence-corrected chi connectivity index (χ3v) is 6.88. The first-order valence-corrected chi connectivity index (χ1v) is 11.0. The highest BCUT2D eigenvalue weighted by molar-refractivity contribution is 7.09. The van der Waals surface area contributed by atoms with Gasteiger partial charge in [-0.25, -0.2) is 9.78 Å². The second-order valence-electron chi connectivity index (χ2n) is 8.34. The van der Waals surface area contributed by atoms with Crippen LogP contribution in [0.2, 0.25) is 0 Å². The molecule has 0 unspecified atom stereocenters. The maximum absolute atomic E-state index is 10.6. The van der Waals surface area contributed by atoms with E-state index in [1.807, 2.05) is 13.8 Å². The minimum absolute atomic E-state index is 0.221. The first kappa shape index (κ1) is 22.2. The van der Waals surface area contributed by atoms with E-state index in [1.54, 1.807) is 11.3 Å². The van der Waals surface area contributed by atoms with Crippen molar-refractivity contribution < 1.29 is 32.3 Å². The summed E-state index contributed by atoms with van der Waals surface area (Å²) < 4.78 is 43.4. The summed E-state index contributed by atoms with van der Waals surface area (Å²) in [7, 11) is 0. The van der Waals surface area contributed by atoms with Gasteiger partial charge in [-0.3, -0.25) is 4.90 Å². The molecule has 1 saturated carbocycles. The minimum atomic E-state index is -5.08. The maximum Gasteiger partial charge on any atom is 0.490 e. The van der Waals surface area contributed by atoms with Crippen molar-refractivity contribution in [3.8, 4) is 0 Å². The van der Waals surface area contributed by atoms with Gasteiger partial charge >= 0.3 is 12.1 Å². The number of halogens is 3. The van der Waals surface area contributed by atoms with Gasteiger partial charge in [0.05, 0.1) is 17.5 Å². The fourth-order valence-electron chi connectivity index (χ4n) is 4.10. The quantitative estimate of drug-likeness (QED) is 0.732. The van der Waals surface area contributed by atoms with Gasteiger partial charge in [-0.15, -0.1) is 11.3 Å². The van der Waals surface area contributed by atoms with E-state index in [0.717, 1.165) is 43.4 Å². The second-order valence-corrected chi connectivity index (χ2v) is 9.23. The van der Waals surface area contributed by atoms with E-state index in [1.165, 1.54) is 29.1 Å². The number of aromatic nitrogens is 2. The molecule has 0 radical (unpaired) electrons. The first-order valence-electron chi connectivity index (χ1n) is 10.2. The molecule has 0 amide bonds. The molecule has 1 aliphatic carbocycles. The summed E-state index contributed by atoms with van der Waals surface area (Å²) in [6, 6.07) is 0. The molecular formula is C20H24F3N3O4S. The van der Waals surface area contributed by atoms with E-state index >= 15 is 0 Å². The lowest BCUT2D eigenvalue weighted by molar-refractivity contribution is -0.192. The lowest BCUT2D eigenvalue weighted by Gasteiger charge is -2.18. The van der Waals surface area contributed by atoms with Gasteiger partial charge < -0.3 is 14.4 Å². The molecule has 7 nitrogen and oxygen atoms in total. The van der Waals surface area contributed by atoms with Gasteiger partial charge in [0.15, 0.2) is 0 Å². The van der Waals surface area contributed by atoms with Crippen LogP contribution in [0.3, 0.4) is 0 Å². The summed E-state index contributed by atoms with van der Waals surface area (Å²) in [5, 5.41) is 14.6. The number of carbonyl (C=O) groups is 1. The average molecular weight is 459 g/mol. The van der Waals surface area contributed by atoms with Gasteiger partial charge in [0.1, 0.15) is 16.9 Å². The Labute approximate surface area is 181 Å². The van der Waals surface area contributed by atoms with Crippen LogP contribution in [0.25, 0.3) is 0 Å². The number of alkyl halides is 3. The maximum atomic E-state index is 10.6. The van der Waals surface area contributed by atoms with E-state index < -0.39 is 12.1 Å². The molecule has 1 N–H and O–H groups in total. The van der Waals surface area contributed by atoms with Crippen LogP contribution in [0, 0.1) is 19.8 Å². The molecule has 2 saturated heterocycles. The number of ether oxygens (including phenoxy) is 1. The summed E-state index contributed by atoms with van der Waals surface area (Å²) in [5.74, 6) is -0.448. The molecule has 3 fully saturated rings. The van der Waals surface area contributed by atoms with E-state index in [-0.39, 0.29) is 6.10 Å². The Hall–Kier alpha value is -1.98. The molecule has 2 aromatic heterocycles. The number of hydrogen-bond donors (Lipinski definition) is 1. The van der Waals surface area contributed by atoms with Crippen LogP contribution in [0.4, 0.5) is 13.2 Å². The van der Waals surface area contributed by atoms with Crippen molar-refractivity contribution in [2.24, 2.45) is 5.92 Å². The van der Waals surface area contributed by atoms with Crippen molar-refractivity contribution >= 4 is 17.3 Å². The third kappa shape index (κ3) is 5.09. The zero-order valence-corrected chi connectivity index (χ0v) is 18.0. The van der Waals surface area contributed by atoms with Gasteiger partial charge in [0.2, 0.25) is 0 Å². The zero-order chi connectivity index (χ0) is 22.3. The van der Waals surface area contributed by atoms with Crippen molar-refractivity contribution in [3.05, 3.63) is 33.1 Å². The molecule has 3 aliphatic rings. The van der Waals surface area contributed by atoms with E-state index in [9.17, 15) is 13.2 Å². The van der Waals surface area contributed by atoms with E-state index in [2.05, 4.69) is 15.4 Å². The molecule has 2 aliphatic heterocycles. The van der Waals surface area contributed by atoms with Crippen LogP contribution in [-0.4, -0.2) is 51.5 Å². The van der Waals surface area contributed by atoms with Crippen LogP contribution in [0.5, 0.6) is 0 Å². The monoisotopic (exact) mass is 459 g/mol. The predicted octanol–water partition coefficient (Wildman–Crippen LogP) is 4.22. The number of rotatable bonds is 4. The molecule has 5 rings (SSSR count). The second kappa shape index (κ2) is 8.51. The zero-order valence-electron chi connectivity index (χ0n) is 17.2. The third-order valence-electron chi connectivity index (χ3n) is 5.93. The molecule has 0 spiro atoms. The van der Waals surface area contributed by atoms with Crippen LogP contribution in [-0.2, 0) is 16.1 Å². The topological polar surface area (TPSA) is 88.7 Å². The number of nitrogens with zero attached hydrogens (tertiary/aromatic N) is 3. The summed E-state index contributed by atoms with van der Waals surface area (Å²) in [6.07, 6.45) is -0.768. The van der Waals surface area contributed by atoms with E-state index in [4.69, 9.17) is 24.1 Å². The number of aryl methyl sites for hydroxylation is 2. The van der Waals surface area contributed by atoms with Crippen LogP contribution >= 0.6 is 11.3 Å². The van der Waals surface area contributed by atoms with Gasteiger partial charge in [0.25, 0.3) is 0 Å². The Bertz CT molecular complexity index is 907. The van der Waals surface area contributed by atoms with Crippen molar-refractivity contribution in [2.45, 2.75) is 64.0 Å². The predicted molar refractivity (Wildman–Crippen MR) is 105 cm³/mol. The Morgan fingerprint density at radius 3 is 2.58 bits per heavy atom. The summed E-state index contributed by atoms with van der Waals surface area (Å²) in [6.45, 7) is 7.05. The summed E-state index contributed by atoms with van der Waals surface area (Å²) in [4.78, 5) is 16.2. The van der Waals surface area contributed by atoms with Crippen LogP contribution in [0.1, 0.15) is 59.0 Å². The molecule has 2 aromatic rings. The van der Waals surface area contributed by atoms with Gasteiger partial charge in [-0.1, -0.05) is 5.16 Å². The van der Waals surface area contributed by atoms with Crippen molar-refractivity contribution in [1.29, 1.82) is 0 Å².